The zero-order valence-electron chi connectivity index (χ0n) is 27.7. The van der Waals surface area contributed by atoms with Crippen molar-refractivity contribution in [2.75, 3.05) is 9.80 Å². The highest BCUT2D eigenvalue weighted by Gasteiger charge is 2.38. The van der Waals surface area contributed by atoms with E-state index in [1.165, 1.54) is 121 Å². The topological polar surface area (TPSA) is 6.48 Å². The molecule has 1 saturated carbocycles. The molecule has 2 heteroatoms. The number of piperidine rings is 4. The van der Waals surface area contributed by atoms with Crippen LogP contribution in [0.3, 0.4) is 0 Å². The number of hydrogen-bond acceptors (Lipinski definition) is 2. The predicted octanol–water partition coefficient (Wildman–Crippen LogP) is 10.9. The Morgan fingerprint density at radius 2 is 1.09 bits per heavy atom. The first-order valence-corrected chi connectivity index (χ1v) is 18.8. The van der Waals surface area contributed by atoms with E-state index >= 15 is 0 Å². The first kappa shape index (κ1) is 29.7. The summed E-state index contributed by atoms with van der Waals surface area (Å²) >= 11 is 0. The van der Waals surface area contributed by atoms with Crippen LogP contribution in [-0.4, -0.2) is 24.2 Å². The van der Waals surface area contributed by atoms with Crippen LogP contribution in [-0.2, 0) is 6.42 Å². The third-order valence-corrected chi connectivity index (χ3v) is 12.8. The second-order valence-corrected chi connectivity index (χ2v) is 16.3. The van der Waals surface area contributed by atoms with Crippen LogP contribution < -0.4 is 9.80 Å². The van der Waals surface area contributed by atoms with Gasteiger partial charge in [0.15, 0.2) is 0 Å². The number of benzene rings is 2. The maximum absolute atomic E-state index is 2.82. The molecule has 2 aromatic rings. The van der Waals surface area contributed by atoms with Gasteiger partial charge in [-0.3, -0.25) is 0 Å². The normalized spacial score (nSPS) is 35.0. The summed E-state index contributed by atoms with van der Waals surface area (Å²) < 4.78 is 0. The predicted molar refractivity (Wildman–Crippen MR) is 184 cm³/mol. The van der Waals surface area contributed by atoms with Gasteiger partial charge >= 0.3 is 0 Å². The summed E-state index contributed by atoms with van der Waals surface area (Å²) in [4.78, 5) is 5.63. The van der Waals surface area contributed by atoms with Gasteiger partial charge in [0.05, 0.1) is 0 Å². The van der Waals surface area contributed by atoms with Crippen LogP contribution in [0.4, 0.5) is 11.4 Å². The molecule has 7 unspecified atom stereocenters. The van der Waals surface area contributed by atoms with Crippen LogP contribution in [0, 0.1) is 23.7 Å². The maximum Gasteiger partial charge on any atom is 0.0371 e. The van der Waals surface area contributed by atoms with E-state index in [0.29, 0.717) is 0 Å². The van der Waals surface area contributed by atoms with Crippen LogP contribution >= 0.6 is 0 Å². The minimum Gasteiger partial charge on any atom is -0.366 e. The number of hydrogen-bond donors (Lipinski definition) is 0. The molecule has 5 aliphatic rings. The van der Waals surface area contributed by atoms with E-state index in [4.69, 9.17) is 0 Å². The number of rotatable bonds is 8. The minimum atomic E-state index is 0.769. The van der Waals surface area contributed by atoms with Crippen molar-refractivity contribution in [1.29, 1.82) is 0 Å². The van der Waals surface area contributed by atoms with E-state index in [1.54, 1.807) is 11.1 Å². The van der Waals surface area contributed by atoms with Gasteiger partial charge in [0.2, 0.25) is 0 Å². The summed E-state index contributed by atoms with van der Waals surface area (Å²) in [6.45, 7) is 7.47. The lowest BCUT2D eigenvalue weighted by molar-refractivity contribution is 0.241. The number of nitrogens with zero attached hydrogens (tertiary/aromatic N) is 2. The molecule has 0 spiro atoms. The van der Waals surface area contributed by atoms with Gasteiger partial charge in [0.25, 0.3) is 0 Å². The van der Waals surface area contributed by atoms with E-state index < -0.39 is 0 Å². The Balaban J connectivity index is 0.897. The van der Waals surface area contributed by atoms with E-state index in [9.17, 15) is 0 Å². The Bertz CT molecular complexity index is 1140. The maximum atomic E-state index is 2.82. The molecule has 0 amide bonds. The lowest BCUT2D eigenvalue weighted by Crippen LogP contribution is -2.51. The number of fused-ring (bicyclic) bond motifs is 4. The van der Waals surface area contributed by atoms with E-state index in [0.717, 1.165) is 53.8 Å². The molecule has 4 saturated heterocycles. The summed E-state index contributed by atoms with van der Waals surface area (Å²) in [6, 6.07) is 23.0. The molecular formula is C41H60N2. The van der Waals surface area contributed by atoms with Gasteiger partial charge in [0.1, 0.15) is 0 Å². The highest BCUT2D eigenvalue weighted by molar-refractivity contribution is 5.52. The molecule has 7 atom stereocenters. The molecule has 4 heterocycles. The third-order valence-electron chi connectivity index (χ3n) is 12.8. The Morgan fingerprint density at radius 1 is 0.605 bits per heavy atom. The molecular weight excluding hydrogens is 520 g/mol. The molecule has 43 heavy (non-hydrogen) atoms. The van der Waals surface area contributed by atoms with Crippen molar-refractivity contribution in [2.45, 2.75) is 160 Å². The summed E-state index contributed by atoms with van der Waals surface area (Å²) in [5.74, 6) is 4.29. The van der Waals surface area contributed by atoms with Gasteiger partial charge in [-0.15, -0.1) is 0 Å². The van der Waals surface area contributed by atoms with Crippen molar-refractivity contribution in [3.05, 3.63) is 59.7 Å². The average molecular weight is 581 g/mol. The van der Waals surface area contributed by atoms with Crippen molar-refractivity contribution in [3.8, 4) is 0 Å². The molecule has 0 radical (unpaired) electrons. The second-order valence-electron chi connectivity index (χ2n) is 16.3. The Labute approximate surface area is 264 Å². The zero-order chi connectivity index (χ0) is 29.3. The summed E-state index contributed by atoms with van der Waals surface area (Å²) in [5, 5.41) is 0. The van der Waals surface area contributed by atoms with Gasteiger partial charge < -0.3 is 9.80 Å². The third kappa shape index (κ3) is 6.69. The summed E-state index contributed by atoms with van der Waals surface area (Å²) in [6.07, 6.45) is 23.7. The van der Waals surface area contributed by atoms with Crippen molar-refractivity contribution in [2.24, 2.45) is 23.7 Å². The second kappa shape index (κ2) is 13.2. The average Bonchev–Trinajstić information content (AvgIpc) is 3.00. The first-order chi connectivity index (χ1) is 21.0. The molecule has 0 N–H and O–H groups in total. The van der Waals surface area contributed by atoms with Crippen molar-refractivity contribution in [1.82, 2.24) is 0 Å². The molecule has 234 valence electrons. The lowest BCUT2D eigenvalue weighted by Gasteiger charge is -2.50. The van der Waals surface area contributed by atoms with Crippen LogP contribution in [0.1, 0.15) is 141 Å². The Kier molecular flexibility index (Phi) is 9.12. The van der Waals surface area contributed by atoms with Crippen LogP contribution in [0.25, 0.3) is 0 Å². The SMILES string of the molecule is CC(CCc1ccc(N2C3CCCC2CC(C)C3)cc1)CC1CCCC(c2ccc(N3C4CCCC3CC(C)C4)cc2)C1. The van der Waals surface area contributed by atoms with E-state index in [2.05, 4.69) is 79.1 Å². The smallest absolute Gasteiger partial charge is 0.0371 e. The summed E-state index contributed by atoms with van der Waals surface area (Å²) in [7, 11) is 0. The Hall–Kier alpha value is -1.96. The molecule has 7 rings (SSSR count). The molecule has 4 aliphatic heterocycles. The fourth-order valence-corrected chi connectivity index (χ4v) is 10.8. The highest BCUT2D eigenvalue weighted by atomic mass is 15.2. The molecule has 2 nitrogen and oxygen atoms in total. The number of aryl methyl sites for hydroxylation is 1. The van der Waals surface area contributed by atoms with Gasteiger partial charge in [0, 0.05) is 35.5 Å². The van der Waals surface area contributed by atoms with E-state index in [1.807, 2.05) is 0 Å². The van der Waals surface area contributed by atoms with Crippen LogP contribution in [0.5, 0.6) is 0 Å². The van der Waals surface area contributed by atoms with Gasteiger partial charge in [-0.2, -0.15) is 0 Å². The zero-order valence-corrected chi connectivity index (χ0v) is 27.7. The number of anilines is 2. The van der Waals surface area contributed by atoms with Gasteiger partial charge in [-0.25, -0.2) is 0 Å². The largest absolute Gasteiger partial charge is 0.366 e. The van der Waals surface area contributed by atoms with Gasteiger partial charge in [-0.05, 0) is 161 Å². The van der Waals surface area contributed by atoms with Gasteiger partial charge in [-0.1, -0.05) is 57.9 Å². The van der Waals surface area contributed by atoms with Crippen molar-refractivity contribution in [3.63, 3.8) is 0 Å². The highest BCUT2D eigenvalue weighted by Crippen LogP contribution is 2.43. The molecule has 0 aromatic heterocycles. The first-order valence-electron chi connectivity index (χ1n) is 18.8. The standard InChI is InChI=1S/C41H60N2/c1-29(13-14-32-15-19-36(20-16-32)42-38-9-5-10-39(42)25-30(2)24-38)23-33-7-4-8-35(28-33)34-17-21-37(22-18-34)43-40-11-6-12-41(43)27-31(3)26-40/h15-22,29-31,33,35,38-41H,4-14,23-28H2,1-3H3. The van der Waals surface area contributed by atoms with E-state index in [-0.39, 0.29) is 0 Å². The van der Waals surface area contributed by atoms with Crippen LogP contribution in [0.15, 0.2) is 48.5 Å². The minimum absolute atomic E-state index is 0.769. The molecule has 4 bridgehead atoms. The molecule has 2 aromatic carbocycles. The van der Waals surface area contributed by atoms with Crippen molar-refractivity contribution < 1.29 is 0 Å². The van der Waals surface area contributed by atoms with Crippen molar-refractivity contribution >= 4 is 11.4 Å². The molecule has 1 aliphatic carbocycles. The fraction of sp³-hybridized carbons (Fsp3) is 0.707. The fourth-order valence-electron chi connectivity index (χ4n) is 10.8. The monoisotopic (exact) mass is 580 g/mol. The summed E-state index contributed by atoms with van der Waals surface area (Å²) in [5.41, 5.74) is 6.16. The van der Waals surface area contributed by atoms with Crippen LogP contribution in [0.2, 0.25) is 0 Å². The lowest BCUT2D eigenvalue weighted by atomic mass is 9.74. The molecule has 5 fully saturated rings. The quantitative estimate of drug-likeness (QED) is 0.306. The Morgan fingerprint density at radius 3 is 1.63 bits per heavy atom.